The summed E-state index contributed by atoms with van der Waals surface area (Å²) < 4.78 is 0. The van der Waals surface area contributed by atoms with Crippen molar-refractivity contribution in [2.45, 2.75) is 25.3 Å². The monoisotopic (exact) mass is 230 g/mol. The molecule has 0 bridgehead atoms. The zero-order valence-electron chi connectivity index (χ0n) is 10.4. The third-order valence-electron chi connectivity index (χ3n) is 3.15. The molecule has 0 amide bonds. The second kappa shape index (κ2) is 7.25. The molecule has 2 N–H and O–H groups in total. The van der Waals surface area contributed by atoms with Gasteiger partial charge in [0.2, 0.25) is 0 Å². The van der Waals surface area contributed by atoms with E-state index in [0.717, 1.165) is 19.5 Å². The topological polar surface area (TPSA) is 24.1 Å². The lowest BCUT2D eigenvalue weighted by Gasteiger charge is -2.23. The Kier molecular flexibility index (Phi) is 5.27. The maximum atomic E-state index is 3.59. The van der Waals surface area contributed by atoms with E-state index < -0.39 is 0 Å². The van der Waals surface area contributed by atoms with E-state index in [9.17, 15) is 0 Å². The second-order valence-corrected chi connectivity index (χ2v) is 4.60. The maximum Gasteiger partial charge on any atom is 0.0193 e. The Morgan fingerprint density at radius 2 is 2.18 bits per heavy atom. The van der Waals surface area contributed by atoms with Crippen molar-refractivity contribution in [1.29, 1.82) is 0 Å². The fourth-order valence-electron chi connectivity index (χ4n) is 2.18. The van der Waals surface area contributed by atoms with Gasteiger partial charge in [-0.05, 0) is 37.9 Å². The summed E-state index contributed by atoms with van der Waals surface area (Å²) in [4.78, 5) is 0. The Labute approximate surface area is 104 Å². The van der Waals surface area contributed by atoms with Crippen LogP contribution in [0, 0.1) is 0 Å². The minimum absolute atomic E-state index is 0.675. The van der Waals surface area contributed by atoms with Gasteiger partial charge in [0.15, 0.2) is 0 Å². The van der Waals surface area contributed by atoms with Gasteiger partial charge in [0.05, 0.1) is 0 Å². The van der Waals surface area contributed by atoms with Gasteiger partial charge >= 0.3 is 0 Å². The summed E-state index contributed by atoms with van der Waals surface area (Å²) in [6, 6.07) is 11.1. The Morgan fingerprint density at radius 1 is 1.29 bits per heavy atom. The molecule has 17 heavy (non-hydrogen) atoms. The molecule has 1 aromatic carbocycles. The number of piperidine rings is 1. The summed E-state index contributed by atoms with van der Waals surface area (Å²) >= 11 is 0. The van der Waals surface area contributed by atoms with Gasteiger partial charge in [0.1, 0.15) is 0 Å². The van der Waals surface area contributed by atoms with Crippen LogP contribution in [0.25, 0.3) is 6.08 Å². The van der Waals surface area contributed by atoms with Crippen LogP contribution in [-0.4, -0.2) is 25.7 Å². The lowest BCUT2D eigenvalue weighted by molar-refractivity contribution is 0.393. The molecule has 0 radical (unpaired) electrons. The lowest BCUT2D eigenvalue weighted by Crippen LogP contribution is -2.43. The first kappa shape index (κ1) is 12.3. The van der Waals surface area contributed by atoms with E-state index in [4.69, 9.17) is 0 Å². The molecular weight excluding hydrogens is 208 g/mol. The van der Waals surface area contributed by atoms with Gasteiger partial charge < -0.3 is 10.6 Å². The minimum atomic E-state index is 0.675. The number of hydrogen-bond donors (Lipinski definition) is 2. The van der Waals surface area contributed by atoms with Crippen molar-refractivity contribution in [2.24, 2.45) is 0 Å². The van der Waals surface area contributed by atoms with Crippen molar-refractivity contribution in [1.82, 2.24) is 10.6 Å². The zero-order valence-corrected chi connectivity index (χ0v) is 10.4. The highest BCUT2D eigenvalue weighted by molar-refractivity contribution is 5.48. The smallest absolute Gasteiger partial charge is 0.0193 e. The van der Waals surface area contributed by atoms with Gasteiger partial charge in [-0.1, -0.05) is 42.5 Å². The van der Waals surface area contributed by atoms with Gasteiger partial charge in [-0.25, -0.2) is 0 Å². The van der Waals surface area contributed by atoms with Crippen LogP contribution in [0.1, 0.15) is 24.8 Å². The first-order valence-electron chi connectivity index (χ1n) is 6.61. The highest BCUT2D eigenvalue weighted by Gasteiger charge is 2.10. The SMILES string of the molecule is C(=C\c1ccccc1)/CCN[C@@H]1CCCNC1. The van der Waals surface area contributed by atoms with Crippen molar-refractivity contribution in [3.8, 4) is 0 Å². The van der Waals surface area contributed by atoms with E-state index in [2.05, 4.69) is 53.1 Å². The Bertz CT molecular complexity index is 326. The third kappa shape index (κ3) is 4.72. The summed E-state index contributed by atoms with van der Waals surface area (Å²) in [7, 11) is 0. The van der Waals surface area contributed by atoms with E-state index in [0.29, 0.717) is 6.04 Å². The fraction of sp³-hybridized carbons (Fsp3) is 0.467. The van der Waals surface area contributed by atoms with Crippen molar-refractivity contribution in [3.63, 3.8) is 0 Å². The number of nitrogens with one attached hydrogen (secondary N) is 2. The molecule has 0 aliphatic carbocycles. The van der Waals surface area contributed by atoms with Crippen LogP contribution >= 0.6 is 0 Å². The van der Waals surface area contributed by atoms with Gasteiger partial charge in [0.25, 0.3) is 0 Å². The van der Waals surface area contributed by atoms with Crippen LogP contribution < -0.4 is 10.6 Å². The predicted molar refractivity (Wildman–Crippen MR) is 74.0 cm³/mol. The first-order chi connectivity index (χ1) is 8.45. The summed E-state index contributed by atoms with van der Waals surface area (Å²) in [5.41, 5.74) is 1.28. The quantitative estimate of drug-likeness (QED) is 0.759. The Balaban J connectivity index is 1.61. The third-order valence-corrected chi connectivity index (χ3v) is 3.15. The normalized spacial score (nSPS) is 20.8. The minimum Gasteiger partial charge on any atom is -0.315 e. The zero-order chi connectivity index (χ0) is 11.8. The highest BCUT2D eigenvalue weighted by Crippen LogP contribution is 2.03. The molecule has 0 saturated carbocycles. The summed E-state index contributed by atoms with van der Waals surface area (Å²) in [6.07, 6.45) is 8.16. The van der Waals surface area contributed by atoms with Gasteiger partial charge in [-0.15, -0.1) is 0 Å². The molecule has 1 fully saturated rings. The predicted octanol–water partition coefficient (Wildman–Crippen LogP) is 2.43. The van der Waals surface area contributed by atoms with Gasteiger partial charge in [-0.3, -0.25) is 0 Å². The Morgan fingerprint density at radius 3 is 2.94 bits per heavy atom. The summed E-state index contributed by atoms with van der Waals surface area (Å²) in [6.45, 7) is 3.39. The van der Waals surface area contributed by atoms with Crippen LogP contribution in [0.2, 0.25) is 0 Å². The molecule has 1 aliphatic rings. The van der Waals surface area contributed by atoms with Gasteiger partial charge in [-0.2, -0.15) is 0 Å². The van der Waals surface area contributed by atoms with Crippen molar-refractivity contribution >= 4 is 6.08 Å². The maximum absolute atomic E-state index is 3.59. The number of benzene rings is 1. The van der Waals surface area contributed by atoms with Crippen molar-refractivity contribution < 1.29 is 0 Å². The molecule has 92 valence electrons. The van der Waals surface area contributed by atoms with Crippen LogP contribution in [0.5, 0.6) is 0 Å². The van der Waals surface area contributed by atoms with Crippen LogP contribution in [0.3, 0.4) is 0 Å². The van der Waals surface area contributed by atoms with E-state index in [-0.39, 0.29) is 0 Å². The number of hydrogen-bond acceptors (Lipinski definition) is 2. The lowest BCUT2D eigenvalue weighted by atomic mass is 10.1. The highest BCUT2D eigenvalue weighted by atomic mass is 15.0. The van der Waals surface area contributed by atoms with Crippen LogP contribution in [0.4, 0.5) is 0 Å². The molecule has 0 aromatic heterocycles. The largest absolute Gasteiger partial charge is 0.315 e. The molecule has 2 heteroatoms. The molecule has 0 spiro atoms. The van der Waals surface area contributed by atoms with Crippen molar-refractivity contribution in [3.05, 3.63) is 42.0 Å². The standard InChI is InChI=1S/C15H22N2/c1-2-7-14(8-3-1)9-4-5-12-17-15-10-6-11-16-13-15/h1-4,7-9,15-17H,5-6,10-13H2/b9-4+/t15-/m1/s1. The molecule has 1 atom stereocenters. The van der Waals surface area contributed by atoms with E-state index in [1.54, 1.807) is 0 Å². The first-order valence-corrected chi connectivity index (χ1v) is 6.61. The van der Waals surface area contributed by atoms with Crippen LogP contribution in [-0.2, 0) is 0 Å². The molecule has 2 nitrogen and oxygen atoms in total. The molecular formula is C15H22N2. The second-order valence-electron chi connectivity index (χ2n) is 4.60. The van der Waals surface area contributed by atoms with E-state index >= 15 is 0 Å². The van der Waals surface area contributed by atoms with E-state index in [1.165, 1.54) is 24.9 Å². The van der Waals surface area contributed by atoms with Crippen LogP contribution in [0.15, 0.2) is 36.4 Å². The molecule has 0 unspecified atom stereocenters. The van der Waals surface area contributed by atoms with Gasteiger partial charge in [0, 0.05) is 12.6 Å². The fourth-order valence-corrected chi connectivity index (χ4v) is 2.18. The van der Waals surface area contributed by atoms with Crippen molar-refractivity contribution in [2.75, 3.05) is 19.6 Å². The summed E-state index contributed by atoms with van der Waals surface area (Å²) in [5.74, 6) is 0. The van der Waals surface area contributed by atoms with E-state index in [1.807, 2.05) is 0 Å². The number of rotatable bonds is 5. The Hall–Kier alpha value is -1.12. The average molecular weight is 230 g/mol. The average Bonchev–Trinajstić information content (AvgIpc) is 2.41. The molecule has 1 saturated heterocycles. The molecule has 1 heterocycles. The summed E-state index contributed by atoms with van der Waals surface area (Å²) in [5, 5.41) is 7.02. The molecule has 1 aliphatic heterocycles. The molecule has 2 rings (SSSR count). The molecule has 1 aromatic rings.